The van der Waals surface area contributed by atoms with Crippen molar-refractivity contribution >= 4 is 28.4 Å². The highest BCUT2D eigenvalue weighted by Crippen LogP contribution is 2.25. The largest absolute Gasteiger partial charge is 0.381 e. The maximum absolute atomic E-state index is 13.7. The maximum atomic E-state index is 13.7. The quantitative estimate of drug-likeness (QED) is 0.536. The van der Waals surface area contributed by atoms with E-state index in [0.717, 1.165) is 74.1 Å². The number of ether oxygens (including phenoxy) is 1. The lowest BCUT2D eigenvalue weighted by Crippen LogP contribution is -2.44. The summed E-state index contributed by atoms with van der Waals surface area (Å²) in [6.45, 7) is 7.31. The van der Waals surface area contributed by atoms with Crippen LogP contribution in [0.5, 0.6) is 0 Å². The predicted octanol–water partition coefficient (Wildman–Crippen LogP) is 4.30. The van der Waals surface area contributed by atoms with Crippen LogP contribution in [0.25, 0.3) is 10.9 Å². The van der Waals surface area contributed by atoms with Gasteiger partial charge in [-0.3, -0.25) is 9.59 Å². The van der Waals surface area contributed by atoms with E-state index in [2.05, 4.69) is 29.2 Å². The number of amides is 2. The Hall–Kier alpha value is -3.16. The van der Waals surface area contributed by atoms with E-state index >= 15 is 0 Å². The van der Waals surface area contributed by atoms with Crippen LogP contribution in [-0.4, -0.2) is 71.6 Å². The number of aromatic nitrogens is 1. The normalized spacial score (nSPS) is 18.7. The topological polar surface area (TPSA) is 58.0 Å². The van der Waals surface area contributed by atoms with Gasteiger partial charge in [-0.1, -0.05) is 36.4 Å². The van der Waals surface area contributed by atoms with Gasteiger partial charge in [0.25, 0.3) is 0 Å². The van der Waals surface area contributed by atoms with Gasteiger partial charge in [-0.05, 0) is 54.8 Å². The summed E-state index contributed by atoms with van der Waals surface area (Å²) < 4.78 is 7.65. The molecule has 2 aliphatic heterocycles. The molecular formula is C30H38N4O3. The molecule has 0 bridgehead atoms. The molecule has 0 atom stereocenters. The molecular weight excluding hydrogens is 464 g/mol. The van der Waals surface area contributed by atoms with Crippen LogP contribution >= 0.6 is 0 Å². The monoisotopic (exact) mass is 502 g/mol. The number of hydrogen-bond donors (Lipinski definition) is 0. The van der Waals surface area contributed by atoms with Gasteiger partial charge in [0.15, 0.2) is 0 Å². The molecule has 0 aliphatic carbocycles. The van der Waals surface area contributed by atoms with Crippen molar-refractivity contribution in [3.05, 3.63) is 66.4 Å². The van der Waals surface area contributed by atoms with E-state index in [4.69, 9.17) is 4.74 Å². The molecule has 3 heterocycles. The van der Waals surface area contributed by atoms with E-state index in [1.54, 1.807) is 6.92 Å². The second kappa shape index (κ2) is 11.9. The SMILES string of the molecule is CC(=O)N1CCCN(C2CCOCC2)CCCN(C(=O)Cn2ccc3ccccc32)Cc2ccccc21. The van der Waals surface area contributed by atoms with Crippen molar-refractivity contribution in [3.63, 3.8) is 0 Å². The molecule has 2 aromatic carbocycles. The molecule has 2 amide bonds. The molecule has 7 nitrogen and oxygen atoms in total. The maximum Gasteiger partial charge on any atom is 0.242 e. The Labute approximate surface area is 219 Å². The van der Waals surface area contributed by atoms with Gasteiger partial charge in [-0.15, -0.1) is 0 Å². The van der Waals surface area contributed by atoms with Gasteiger partial charge in [-0.2, -0.15) is 0 Å². The molecule has 7 heteroatoms. The molecule has 0 N–H and O–H groups in total. The number of rotatable bonds is 3. The van der Waals surface area contributed by atoms with Crippen molar-refractivity contribution in [2.24, 2.45) is 0 Å². The van der Waals surface area contributed by atoms with Crippen LogP contribution in [0, 0.1) is 0 Å². The van der Waals surface area contributed by atoms with Gasteiger partial charge >= 0.3 is 0 Å². The molecule has 5 rings (SSSR count). The Morgan fingerprint density at radius 1 is 0.892 bits per heavy atom. The first-order chi connectivity index (χ1) is 18.1. The van der Waals surface area contributed by atoms with E-state index in [1.807, 2.05) is 50.9 Å². The molecule has 0 radical (unpaired) electrons. The highest BCUT2D eigenvalue weighted by Gasteiger charge is 2.25. The Morgan fingerprint density at radius 3 is 2.43 bits per heavy atom. The molecule has 196 valence electrons. The fourth-order valence-corrected chi connectivity index (χ4v) is 5.80. The zero-order valence-electron chi connectivity index (χ0n) is 21.8. The summed E-state index contributed by atoms with van der Waals surface area (Å²) in [6.07, 6.45) is 5.94. The third-order valence-corrected chi connectivity index (χ3v) is 7.77. The van der Waals surface area contributed by atoms with Crippen molar-refractivity contribution in [2.45, 2.75) is 51.7 Å². The second-order valence-corrected chi connectivity index (χ2v) is 10.2. The van der Waals surface area contributed by atoms with Crippen LogP contribution in [0.4, 0.5) is 5.69 Å². The average Bonchev–Trinajstić information content (AvgIpc) is 3.32. The number of fused-ring (bicyclic) bond motifs is 2. The zero-order valence-corrected chi connectivity index (χ0v) is 21.8. The van der Waals surface area contributed by atoms with Gasteiger partial charge in [0.1, 0.15) is 6.54 Å². The number of benzene rings is 2. The number of nitrogens with zero attached hydrogens (tertiary/aromatic N) is 4. The van der Waals surface area contributed by atoms with Crippen LogP contribution in [0.15, 0.2) is 60.8 Å². The second-order valence-electron chi connectivity index (χ2n) is 10.2. The van der Waals surface area contributed by atoms with Gasteiger partial charge in [0, 0.05) is 76.3 Å². The van der Waals surface area contributed by atoms with Crippen LogP contribution in [0.2, 0.25) is 0 Å². The minimum Gasteiger partial charge on any atom is -0.381 e. The van der Waals surface area contributed by atoms with Crippen molar-refractivity contribution < 1.29 is 14.3 Å². The Balaban J connectivity index is 1.41. The van der Waals surface area contributed by atoms with Crippen LogP contribution < -0.4 is 4.90 Å². The number of carbonyl (C=O) groups is 2. The lowest BCUT2D eigenvalue weighted by Gasteiger charge is -2.36. The average molecular weight is 503 g/mol. The van der Waals surface area contributed by atoms with Crippen molar-refractivity contribution in [2.75, 3.05) is 44.3 Å². The Bertz CT molecular complexity index is 1220. The molecule has 2 aliphatic rings. The first kappa shape index (κ1) is 25.5. The number of hydrogen-bond acceptors (Lipinski definition) is 4. The highest BCUT2D eigenvalue weighted by molar-refractivity contribution is 5.92. The van der Waals surface area contributed by atoms with E-state index in [9.17, 15) is 9.59 Å². The minimum absolute atomic E-state index is 0.0406. The Kier molecular flexibility index (Phi) is 8.21. The van der Waals surface area contributed by atoms with Crippen molar-refractivity contribution in [3.8, 4) is 0 Å². The van der Waals surface area contributed by atoms with E-state index in [1.165, 1.54) is 0 Å². The first-order valence-corrected chi connectivity index (χ1v) is 13.6. The minimum atomic E-state index is 0.0406. The third-order valence-electron chi connectivity index (χ3n) is 7.77. The summed E-state index contributed by atoms with van der Waals surface area (Å²) in [6, 6.07) is 18.8. The zero-order chi connectivity index (χ0) is 25.6. The van der Waals surface area contributed by atoms with Crippen molar-refractivity contribution in [1.29, 1.82) is 0 Å². The van der Waals surface area contributed by atoms with Crippen LogP contribution in [-0.2, 0) is 27.4 Å². The summed E-state index contributed by atoms with van der Waals surface area (Å²) in [5.41, 5.74) is 3.00. The summed E-state index contributed by atoms with van der Waals surface area (Å²) in [4.78, 5) is 32.9. The molecule has 0 unspecified atom stereocenters. The molecule has 1 aromatic heterocycles. The molecule has 0 spiro atoms. The van der Waals surface area contributed by atoms with Crippen LogP contribution in [0.1, 0.15) is 38.2 Å². The first-order valence-electron chi connectivity index (χ1n) is 13.6. The third kappa shape index (κ3) is 6.05. The lowest BCUT2D eigenvalue weighted by molar-refractivity contribution is -0.132. The molecule has 1 fully saturated rings. The smallest absolute Gasteiger partial charge is 0.242 e. The highest BCUT2D eigenvalue weighted by atomic mass is 16.5. The lowest BCUT2D eigenvalue weighted by atomic mass is 10.1. The van der Waals surface area contributed by atoms with Gasteiger partial charge < -0.3 is 24.0 Å². The van der Waals surface area contributed by atoms with E-state index in [0.29, 0.717) is 32.2 Å². The van der Waals surface area contributed by atoms with E-state index in [-0.39, 0.29) is 11.8 Å². The fourth-order valence-electron chi connectivity index (χ4n) is 5.80. The molecule has 37 heavy (non-hydrogen) atoms. The van der Waals surface area contributed by atoms with Crippen molar-refractivity contribution in [1.82, 2.24) is 14.4 Å². The molecule has 0 saturated carbocycles. The van der Waals surface area contributed by atoms with E-state index < -0.39 is 0 Å². The molecule has 1 saturated heterocycles. The number of para-hydroxylation sites is 2. The summed E-state index contributed by atoms with van der Waals surface area (Å²) in [5.74, 6) is 0.138. The standard InChI is InChI=1S/C30H38N4O3/c1-24(35)34-18-7-16-31(27-13-20-37-21-14-27)15-6-17-33(22-26-9-3-5-11-29(26)34)30(36)23-32-19-12-25-8-2-4-10-28(25)32/h2-5,8-12,19,27H,6-7,13-18,20-23H2,1H3. The van der Waals surface area contributed by atoms with Gasteiger partial charge in [-0.25, -0.2) is 0 Å². The van der Waals surface area contributed by atoms with Gasteiger partial charge in [0.2, 0.25) is 11.8 Å². The summed E-state index contributed by atoms with van der Waals surface area (Å²) in [5, 5.41) is 1.14. The predicted molar refractivity (Wildman–Crippen MR) is 146 cm³/mol. The number of carbonyl (C=O) groups excluding carboxylic acids is 2. The number of anilines is 1. The summed E-state index contributed by atoms with van der Waals surface area (Å²) in [7, 11) is 0. The van der Waals surface area contributed by atoms with Crippen LogP contribution in [0.3, 0.4) is 0 Å². The van der Waals surface area contributed by atoms with Gasteiger partial charge in [0.05, 0.1) is 0 Å². The Morgan fingerprint density at radius 2 is 1.62 bits per heavy atom. The summed E-state index contributed by atoms with van der Waals surface area (Å²) >= 11 is 0. The fraction of sp³-hybridized carbons (Fsp3) is 0.467. The molecule has 3 aromatic rings.